The summed E-state index contributed by atoms with van der Waals surface area (Å²) >= 11 is 0. The van der Waals surface area contributed by atoms with Crippen molar-refractivity contribution in [1.29, 1.82) is 0 Å². The largest absolute Gasteiger partial charge is 0.476 e. The summed E-state index contributed by atoms with van der Waals surface area (Å²) in [6, 6.07) is 2.04. The number of methoxy groups -OCH3 is 1. The standard InChI is InChI=1S/C25H36F3N3O4.ClH/c1-16(2)31(18-8-9-29-15-18)22(32)13-17-12-20-21(14-19(17)25(26,27)28)35-24(3,4)23(33)30(20)10-6-7-11-34-5;/h12,14,16,18,29H,6-11,13,15H2,1-5H3;1H. The summed E-state index contributed by atoms with van der Waals surface area (Å²) in [4.78, 5) is 29.6. The molecule has 0 aromatic heterocycles. The second-order valence-corrected chi connectivity index (χ2v) is 9.96. The number of amides is 2. The lowest BCUT2D eigenvalue weighted by Gasteiger charge is -2.39. The van der Waals surface area contributed by atoms with Crippen LogP contribution in [0.15, 0.2) is 12.1 Å². The van der Waals surface area contributed by atoms with Gasteiger partial charge in [0.05, 0.1) is 17.7 Å². The van der Waals surface area contributed by atoms with Crippen molar-refractivity contribution in [3.63, 3.8) is 0 Å². The third kappa shape index (κ3) is 6.63. The number of alkyl halides is 3. The second kappa shape index (κ2) is 12.0. The van der Waals surface area contributed by atoms with E-state index in [1.165, 1.54) is 11.0 Å². The number of unbranched alkanes of at least 4 members (excludes halogenated alkanes) is 1. The van der Waals surface area contributed by atoms with Gasteiger partial charge in [0.1, 0.15) is 5.75 Å². The molecule has 2 amide bonds. The van der Waals surface area contributed by atoms with E-state index in [0.29, 0.717) is 32.5 Å². The molecular weight excluding hydrogens is 499 g/mol. The first-order chi connectivity index (χ1) is 16.4. The van der Waals surface area contributed by atoms with Crippen molar-refractivity contribution in [1.82, 2.24) is 10.2 Å². The Hall–Kier alpha value is -2.04. The van der Waals surface area contributed by atoms with Gasteiger partial charge in [-0.05, 0) is 71.2 Å². The summed E-state index contributed by atoms with van der Waals surface area (Å²) in [6.45, 7) is 9.03. The highest BCUT2D eigenvalue weighted by atomic mass is 35.5. The maximum absolute atomic E-state index is 14.1. The third-order valence-electron chi connectivity index (χ3n) is 6.50. The number of nitrogens with one attached hydrogen (secondary N) is 1. The van der Waals surface area contributed by atoms with E-state index in [0.717, 1.165) is 19.0 Å². The molecule has 1 fully saturated rings. The fraction of sp³-hybridized carbons (Fsp3) is 0.680. The molecule has 1 atom stereocenters. The molecule has 2 aliphatic heterocycles. The van der Waals surface area contributed by atoms with Gasteiger partial charge in [-0.2, -0.15) is 13.2 Å². The molecule has 1 N–H and O–H groups in total. The zero-order valence-corrected chi connectivity index (χ0v) is 22.4. The summed E-state index contributed by atoms with van der Waals surface area (Å²) in [5.74, 6) is -0.708. The molecule has 11 heteroatoms. The molecule has 0 aliphatic carbocycles. The minimum Gasteiger partial charge on any atom is -0.476 e. The summed E-state index contributed by atoms with van der Waals surface area (Å²) in [6.07, 6.45) is -3.03. The minimum absolute atomic E-state index is 0. The molecule has 1 unspecified atom stereocenters. The fourth-order valence-electron chi connectivity index (χ4n) is 4.85. The van der Waals surface area contributed by atoms with Gasteiger partial charge in [0, 0.05) is 38.9 Å². The first kappa shape index (κ1) is 30.2. The number of halogens is 4. The zero-order chi connectivity index (χ0) is 26.0. The number of ether oxygens (including phenoxy) is 2. The zero-order valence-electron chi connectivity index (χ0n) is 21.5. The van der Waals surface area contributed by atoms with Gasteiger partial charge in [0.25, 0.3) is 5.91 Å². The van der Waals surface area contributed by atoms with Crippen LogP contribution >= 0.6 is 12.4 Å². The van der Waals surface area contributed by atoms with E-state index in [1.54, 1.807) is 25.9 Å². The first-order valence-electron chi connectivity index (χ1n) is 12.1. The van der Waals surface area contributed by atoms with Crippen molar-refractivity contribution in [2.45, 2.75) is 77.2 Å². The van der Waals surface area contributed by atoms with Crippen LogP contribution in [0.3, 0.4) is 0 Å². The Morgan fingerprint density at radius 3 is 2.56 bits per heavy atom. The Balaban J connectivity index is 0.00000456. The molecule has 204 valence electrons. The summed E-state index contributed by atoms with van der Waals surface area (Å²) < 4.78 is 53.1. The number of nitrogens with zero attached hydrogens (tertiary/aromatic N) is 2. The van der Waals surface area contributed by atoms with Gasteiger partial charge in [0.15, 0.2) is 5.60 Å². The predicted molar refractivity (Wildman–Crippen MR) is 134 cm³/mol. The van der Waals surface area contributed by atoms with Crippen molar-refractivity contribution < 1.29 is 32.2 Å². The number of carbonyl (C=O) groups is 2. The molecule has 2 aliphatic rings. The van der Waals surface area contributed by atoms with Crippen molar-refractivity contribution in [3.8, 4) is 5.75 Å². The fourth-order valence-corrected chi connectivity index (χ4v) is 4.85. The molecular formula is C25H37ClF3N3O4. The number of benzene rings is 1. The molecule has 1 aromatic rings. The van der Waals surface area contributed by atoms with Gasteiger partial charge in [-0.3, -0.25) is 9.59 Å². The maximum atomic E-state index is 14.1. The van der Waals surface area contributed by atoms with Crippen LogP contribution in [-0.4, -0.2) is 67.7 Å². The third-order valence-corrected chi connectivity index (χ3v) is 6.50. The molecule has 7 nitrogen and oxygen atoms in total. The van der Waals surface area contributed by atoms with Crippen LogP contribution in [0, 0.1) is 0 Å². The molecule has 1 saturated heterocycles. The van der Waals surface area contributed by atoms with E-state index in [-0.39, 0.29) is 53.3 Å². The van der Waals surface area contributed by atoms with Crippen LogP contribution in [0.1, 0.15) is 58.1 Å². The normalized spacial score (nSPS) is 19.1. The van der Waals surface area contributed by atoms with E-state index < -0.39 is 23.8 Å². The van der Waals surface area contributed by atoms with E-state index >= 15 is 0 Å². The number of hydrogen-bond acceptors (Lipinski definition) is 5. The Morgan fingerprint density at radius 1 is 1.31 bits per heavy atom. The number of hydrogen-bond donors (Lipinski definition) is 1. The van der Waals surface area contributed by atoms with Crippen LogP contribution in [0.5, 0.6) is 5.75 Å². The van der Waals surface area contributed by atoms with Crippen LogP contribution in [-0.2, 0) is 26.9 Å². The quantitative estimate of drug-likeness (QED) is 0.480. The van der Waals surface area contributed by atoms with Crippen molar-refractivity contribution in [3.05, 3.63) is 23.3 Å². The summed E-state index contributed by atoms with van der Waals surface area (Å²) in [7, 11) is 1.59. The number of rotatable bonds is 9. The van der Waals surface area contributed by atoms with E-state index in [2.05, 4.69) is 5.32 Å². The average Bonchev–Trinajstić information content (AvgIpc) is 3.26. The first-order valence-corrected chi connectivity index (χ1v) is 12.1. The maximum Gasteiger partial charge on any atom is 0.416 e. The Kier molecular flexibility index (Phi) is 10.1. The van der Waals surface area contributed by atoms with Gasteiger partial charge in [-0.15, -0.1) is 12.4 Å². The van der Waals surface area contributed by atoms with Crippen LogP contribution in [0.2, 0.25) is 0 Å². The van der Waals surface area contributed by atoms with Crippen LogP contribution in [0.4, 0.5) is 18.9 Å². The Labute approximate surface area is 217 Å². The van der Waals surface area contributed by atoms with Gasteiger partial charge in [-0.1, -0.05) is 0 Å². The van der Waals surface area contributed by atoms with E-state index in [1.807, 2.05) is 13.8 Å². The molecule has 1 aromatic carbocycles. The van der Waals surface area contributed by atoms with Gasteiger partial charge in [-0.25, -0.2) is 0 Å². The van der Waals surface area contributed by atoms with Gasteiger partial charge >= 0.3 is 6.18 Å². The molecule has 36 heavy (non-hydrogen) atoms. The second-order valence-electron chi connectivity index (χ2n) is 9.96. The van der Waals surface area contributed by atoms with Crippen LogP contribution < -0.4 is 15.0 Å². The Bertz CT molecular complexity index is 934. The monoisotopic (exact) mass is 535 g/mol. The Morgan fingerprint density at radius 2 is 2.00 bits per heavy atom. The summed E-state index contributed by atoms with van der Waals surface area (Å²) in [5, 5.41) is 3.21. The highest BCUT2D eigenvalue weighted by Crippen LogP contribution is 2.44. The lowest BCUT2D eigenvalue weighted by atomic mass is 9.97. The molecule has 2 heterocycles. The van der Waals surface area contributed by atoms with E-state index in [9.17, 15) is 22.8 Å². The lowest BCUT2D eigenvalue weighted by molar-refractivity contribution is -0.139. The number of fused-ring (bicyclic) bond motifs is 1. The highest BCUT2D eigenvalue weighted by molar-refractivity contribution is 6.02. The predicted octanol–water partition coefficient (Wildman–Crippen LogP) is 4.20. The smallest absolute Gasteiger partial charge is 0.416 e. The highest BCUT2D eigenvalue weighted by Gasteiger charge is 2.44. The number of carbonyl (C=O) groups excluding carboxylic acids is 2. The van der Waals surface area contributed by atoms with Crippen LogP contribution in [0.25, 0.3) is 0 Å². The molecule has 3 rings (SSSR count). The average molecular weight is 536 g/mol. The molecule has 0 bridgehead atoms. The SMILES string of the molecule is COCCCCN1C(=O)C(C)(C)Oc2cc(C(F)(F)F)c(CC(=O)N(C(C)C)C3CCNC3)cc21.Cl. The lowest BCUT2D eigenvalue weighted by Crippen LogP contribution is -2.53. The molecule has 0 saturated carbocycles. The van der Waals surface area contributed by atoms with E-state index in [4.69, 9.17) is 9.47 Å². The molecule has 0 radical (unpaired) electrons. The molecule has 0 spiro atoms. The number of anilines is 1. The van der Waals surface area contributed by atoms with Crippen molar-refractivity contribution >= 4 is 29.9 Å². The summed E-state index contributed by atoms with van der Waals surface area (Å²) in [5.41, 5.74) is -2.11. The van der Waals surface area contributed by atoms with Crippen molar-refractivity contribution in [2.75, 3.05) is 38.3 Å². The van der Waals surface area contributed by atoms with Gasteiger partial charge in [0.2, 0.25) is 5.91 Å². The van der Waals surface area contributed by atoms with Crippen molar-refractivity contribution in [2.24, 2.45) is 0 Å². The minimum atomic E-state index is -4.68. The topological polar surface area (TPSA) is 71.1 Å². The van der Waals surface area contributed by atoms with Gasteiger partial charge < -0.3 is 24.6 Å².